The zero-order valence-electron chi connectivity index (χ0n) is 20.5. The standard InChI is InChI=1S/C29H44N2O/c1-3-5-6-7-8-11-21-32-28-14-10-9-13-27(28)29-26(22-30-23-31-29)20-19-25-17-15-24(12-4-2)16-18-25/h9-10,13-14,22-25H,3-8,11-12,15-21H2,1-2H3. The number of aryl methyl sites for hydroxylation is 1. The van der Waals surface area contributed by atoms with Gasteiger partial charge in [0.15, 0.2) is 0 Å². The van der Waals surface area contributed by atoms with E-state index in [2.05, 4.69) is 43.1 Å². The molecule has 32 heavy (non-hydrogen) atoms. The molecule has 0 bridgehead atoms. The lowest BCUT2D eigenvalue weighted by Gasteiger charge is -2.28. The molecule has 2 aromatic rings. The molecule has 0 saturated heterocycles. The molecule has 3 rings (SSSR count). The van der Waals surface area contributed by atoms with Crippen molar-refractivity contribution in [2.24, 2.45) is 11.8 Å². The molecule has 1 fully saturated rings. The van der Waals surface area contributed by atoms with Crippen molar-refractivity contribution >= 4 is 0 Å². The number of unbranched alkanes of at least 4 members (excludes halogenated alkanes) is 5. The molecule has 0 amide bonds. The minimum atomic E-state index is 0.782. The zero-order valence-corrected chi connectivity index (χ0v) is 20.5. The largest absolute Gasteiger partial charge is 0.493 e. The van der Waals surface area contributed by atoms with Gasteiger partial charge in [-0.25, -0.2) is 9.97 Å². The summed E-state index contributed by atoms with van der Waals surface area (Å²) in [6.07, 6.45) is 22.1. The van der Waals surface area contributed by atoms with Crippen LogP contribution in [0.2, 0.25) is 0 Å². The maximum Gasteiger partial charge on any atom is 0.128 e. The van der Waals surface area contributed by atoms with E-state index in [9.17, 15) is 0 Å². The Labute approximate surface area is 196 Å². The van der Waals surface area contributed by atoms with Gasteiger partial charge in [0.2, 0.25) is 0 Å². The average Bonchev–Trinajstić information content (AvgIpc) is 2.84. The van der Waals surface area contributed by atoms with Crippen LogP contribution in [0, 0.1) is 11.8 Å². The van der Waals surface area contributed by atoms with Gasteiger partial charge in [-0.1, -0.05) is 96.6 Å². The van der Waals surface area contributed by atoms with E-state index in [1.165, 1.54) is 82.6 Å². The van der Waals surface area contributed by atoms with Crippen molar-refractivity contribution in [1.29, 1.82) is 0 Å². The molecule has 1 aromatic carbocycles. The van der Waals surface area contributed by atoms with Gasteiger partial charge in [-0.15, -0.1) is 0 Å². The van der Waals surface area contributed by atoms with Crippen molar-refractivity contribution in [3.8, 4) is 17.0 Å². The smallest absolute Gasteiger partial charge is 0.128 e. The maximum absolute atomic E-state index is 6.22. The first-order chi connectivity index (χ1) is 15.8. The molecule has 1 aliphatic rings. The molecule has 3 heteroatoms. The minimum absolute atomic E-state index is 0.782. The van der Waals surface area contributed by atoms with Gasteiger partial charge in [0.05, 0.1) is 12.3 Å². The maximum atomic E-state index is 6.22. The van der Waals surface area contributed by atoms with Crippen LogP contribution < -0.4 is 4.74 Å². The quantitative estimate of drug-likeness (QED) is 0.279. The van der Waals surface area contributed by atoms with Crippen molar-refractivity contribution in [3.05, 3.63) is 42.4 Å². The first-order valence-electron chi connectivity index (χ1n) is 13.3. The lowest BCUT2D eigenvalue weighted by atomic mass is 9.78. The third-order valence-corrected chi connectivity index (χ3v) is 7.17. The second-order valence-electron chi connectivity index (χ2n) is 9.72. The summed E-state index contributed by atoms with van der Waals surface area (Å²) < 4.78 is 6.22. The first kappa shape index (κ1) is 24.7. The van der Waals surface area contributed by atoms with E-state index in [1.54, 1.807) is 6.33 Å². The number of ether oxygens (including phenoxy) is 1. The molecule has 3 nitrogen and oxygen atoms in total. The molecule has 1 aromatic heterocycles. The monoisotopic (exact) mass is 436 g/mol. The SMILES string of the molecule is CCCCCCCCOc1ccccc1-c1ncncc1CCC1CCC(CCC)CC1. The number of hydrogen-bond donors (Lipinski definition) is 0. The summed E-state index contributed by atoms with van der Waals surface area (Å²) in [5, 5.41) is 0. The zero-order chi connectivity index (χ0) is 22.4. The van der Waals surface area contributed by atoms with E-state index in [1.807, 2.05) is 6.20 Å². The third kappa shape index (κ3) is 7.90. The summed E-state index contributed by atoms with van der Waals surface area (Å²) in [4.78, 5) is 9.06. The number of para-hydroxylation sites is 1. The highest BCUT2D eigenvalue weighted by molar-refractivity contribution is 5.69. The Balaban J connectivity index is 1.56. The van der Waals surface area contributed by atoms with Crippen molar-refractivity contribution in [2.75, 3.05) is 6.61 Å². The van der Waals surface area contributed by atoms with Crippen molar-refractivity contribution in [3.63, 3.8) is 0 Å². The summed E-state index contributed by atoms with van der Waals surface area (Å²) >= 11 is 0. The van der Waals surface area contributed by atoms with Crippen LogP contribution in [0.3, 0.4) is 0 Å². The molecule has 0 N–H and O–H groups in total. The fraction of sp³-hybridized carbons (Fsp3) is 0.655. The van der Waals surface area contributed by atoms with Gasteiger partial charge in [-0.2, -0.15) is 0 Å². The van der Waals surface area contributed by atoms with Gasteiger partial charge in [-0.05, 0) is 48.8 Å². The van der Waals surface area contributed by atoms with Crippen LogP contribution in [0.15, 0.2) is 36.8 Å². The minimum Gasteiger partial charge on any atom is -0.493 e. The fourth-order valence-corrected chi connectivity index (χ4v) is 5.21. The molecule has 1 aliphatic carbocycles. The highest BCUT2D eigenvalue weighted by Gasteiger charge is 2.21. The summed E-state index contributed by atoms with van der Waals surface area (Å²) in [6.45, 7) is 5.36. The fourth-order valence-electron chi connectivity index (χ4n) is 5.21. The molecule has 0 aliphatic heterocycles. The number of rotatable bonds is 14. The summed E-state index contributed by atoms with van der Waals surface area (Å²) in [5.41, 5.74) is 3.43. The summed E-state index contributed by atoms with van der Waals surface area (Å²) in [7, 11) is 0. The third-order valence-electron chi connectivity index (χ3n) is 7.17. The van der Waals surface area contributed by atoms with Crippen molar-refractivity contribution in [1.82, 2.24) is 9.97 Å². The lowest BCUT2D eigenvalue weighted by molar-refractivity contribution is 0.252. The van der Waals surface area contributed by atoms with Crippen molar-refractivity contribution < 1.29 is 4.74 Å². The number of aromatic nitrogens is 2. The van der Waals surface area contributed by atoms with E-state index in [0.29, 0.717) is 0 Å². The Morgan fingerprint density at radius 3 is 2.34 bits per heavy atom. The predicted octanol–water partition coefficient (Wildman–Crippen LogP) is 8.42. The molecule has 1 heterocycles. The second-order valence-corrected chi connectivity index (χ2v) is 9.72. The molecular formula is C29H44N2O. The lowest BCUT2D eigenvalue weighted by Crippen LogP contribution is -2.15. The van der Waals surface area contributed by atoms with Crippen LogP contribution >= 0.6 is 0 Å². The average molecular weight is 437 g/mol. The molecule has 0 atom stereocenters. The van der Waals surface area contributed by atoms with E-state index < -0.39 is 0 Å². The normalized spacial score (nSPS) is 18.6. The van der Waals surface area contributed by atoms with E-state index >= 15 is 0 Å². The molecule has 1 saturated carbocycles. The molecule has 0 spiro atoms. The molecule has 176 valence electrons. The predicted molar refractivity (Wildman–Crippen MR) is 135 cm³/mol. The molecule has 0 unspecified atom stereocenters. The Hall–Kier alpha value is -1.90. The number of hydrogen-bond acceptors (Lipinski definition) is 3. The van der Waals surface area contributed by atoms with Gasteiger partial charge in [0.1, 0.15) is 12.1 Å². The number of benzene rings is 1. The van der Waals surface area contributed by atoms with Gasteiger partial charge in [0.25, 0.3) is 0 Å². The van der Waals surface area contributed by atoms with Gasteiger partial charge in [0, 0.05) is 11.8 Å². The van der Waals surface area contributed by atoms with Crippen LogP contribution in [-0.2, 0) is 6.42 Å². The van der Waals surface area contributed by atoms with E-state index in [-0.39, 0.29) is 0 Å². The molecular weight excluding hydrogens is 392 g/mol. The van der Waals surface area contributed by atoms with Crippen LogP contribution in [-0.4, -0.2) is 16.6 Å². The Bertz CT molecular complexity index is 767. The van der Waals surface area contributed by atoms with Gasteiger partial charge in [-0.3, -0.25) is 0 Å². The van der Waals surface area contributed by atoms with Gasteiger partial charge >= 0.3 is 0 Å². The van der Waals surface area contributed by atoms with E-state index in [4.69, 9.17) is 9.72 Å². The van der Waals surface area contributed by atoms with Crippen LogP contribution in [0.5, 0.6) is 5.75 Å². The molecule has 0 radical (unpaired) electrons. The Kier molecular flexibility index (Phi) is 11.0. The highest BCUT2D eigenvalue weighted by atomic mass is 16.5. The topological polar surface area (TPSA) is 35.0 Å². The first-order valence-corrected chi connectivity index (χ1v) is 13.3. The summed E-state index contributed by atoms with van der Waals surface area (Å²) in [5.74, 6) is 2.79. The van der Waals surface area contributed by atoms with Crippen LogP contribution in [0.25, 0.3) is 11.3 Å². The Morgan fingerprint density at radius 1 is 0.844 bits per heavy atom. The van der Waals surface area contributed by atoms with E-state index in [0.717, 1.165) is 48.3 Å². The van der Waals surface area contributed by atoms with Crippen LogP contribution in [0.1, 0.15) is 103 Å². The highest BCUT2D eigenvalue weighted by Crippen LogP contribution is 2.35. The summed E-state index contributed by atoms with van der Waals surface area (Å²) in [6, 6.07) is 8.40. The van der Waals surface area contributed by atoms with Crippen molar-refractivity contribution in [2.45, 2.75) is 104 Å². The van der Waals surface area contributed by atoms with Crippen LogP contribution in [0.4, 0.5) is 0 Å². The van der Waals surface area contributed by atoms with Gasteiger partial charge < -0.3 is 4.74 Å². The number of nitrogens with zero attached hydrogens (tertiary/aromatic N) is 2. The second kappa shape index (κ2) is 14.3. The Morgan fingerprint density at radius 2 is 1.56 bits per heavy atom.